The van der Waals surface area contributed by atoms with Gasteiger partial charge in [0.1, 0.15) is 17.5 Å². The first-order valence-corrected chi connectivity index (χ1v) is 12.9. The highest BCUT2D eigenvalue weighted by Gasteiger charge is 2.16. The zero-order valence-electron chi connectivity index (χ0n) is 22.1. The second kappa shape index (κ2) is 10.2. The molecule has 0 spiro atoms. The van der Waals surface area contributed by atoms with E-state index in [1.807, 2.05) is 57.1 Å². The molecule has 0 aliphatic carbocycles. The van der Waals surface area contributed by atoms with Crippen LogP contribution in [-0.4, -0.2) is 72.2 Å². The van der Waals surface area contributed by atoms with Crippen molar-refractivity contribution in [2.24, 2.45) is 0 Å². The van der Waals surface area contributed by atoms with Crippen LogP contribution in [0, 0.1) is 5.82 Å². The molecule has 8 heteroatoms. The van der Waals surface area contributed by atoms with Crippen LogP contribution in [-0.2, 0) is 0 Å². The maximum atomic E-state index is 14.6. The lowest BCUT2D eigenvalue weighted by atomic mass is 10.1. The van der Waals surface area contributed by atoms with Gasteiger partial charge >= 0.3 is 0 Å². The Bertz CT molecular complexity index is 1530. The van der Waals surface area contributed by atoms with Crippen LogP contribution in [0.4, 0.5) is 15.8 Å². The topological polar surface area (TPSA) is 67.1 Å². The number of H-pyrrole nitrogens is 2. The van der Waals surface area contributed by atoms with Gasteiger partial charge in [0, 0.05) is 57.2 Å². The highest BCUT2D eigenvalue weighted by molar-refractivity contribution is 5.87. The predicted molar refractivity (Wildman–Crippen MR) is 152 cm³/mol. The minimum Gasteiger partial charge on any atom is -0.378 e. The van der Waals surface area contributed by atoms with Gasteiger partial charge in [-0.2, -0.15) is 0 Å². The van der Waals surface area contributed by atoms with E-state index in [1.54, 1.807) is 6.07 Å². The molecule has 3 heterocycles. The van der Waals surface area contributed by atoms with Crippen molar-refractivity contribution in [1.29, 1.82) is 0 Å². The Morgan fingerprint density at radius 2 is 1.43 bits per heavy atom. The fourth-order valence-corrected chi connectivity index (χ4v) is 4.65. The Morgan fingerprint density at radius 3 is 2.16 bits per heavy atom. The number of anilines is 2. The molecule has 37 heavy (non-hydrogen) atoms. The van der Waals surface area contributed by atoms with E-state index in [4.69, 9.17) is 4.98 Å². The fourth-order valence-electron chi connectivity index (χ4n) is 4.65. The lowest BCUT2D eigenvalue weighted by Crippen LogP contribution is -2.44. The number of aromatic nitrogens is 4. The van der Waals surface area contributed by atoms with Gasteiger partial charge in [-0.1, -0.05) is 13.8 Å². The Hall–Kier alpha value is -3.91. The number of benzene rings is 3. The first kappa shape index (κ1) is 24.8. The number of hydrogen-bond acceptors (Lipinski definition) is 5. The van der Waals surface area contributed by atoms with Crippen LogP contribution >= 0.6 is 0 Å². The van der Waals surface area contributed by atoms with Crippen molar-refractivity contribution in [3.63, 3.8) is 0 Å². The van der Waals surface area contributed by atoms with E-state index in [9.17, 15) is 4.39 Å². The average Bonchev–Trinajstić information content (AvgIpc) is 3.53. The van der Waals surface area contributed by atoms with Crippen LogP contribution in [0.1, 0.15) is 13.8 Å². The molecule has 192 valence electrons. The molecule has 3 aromatic carbocycles. The van der Waals surface area contributed by atoms with Crippen molar-refractivity contribution in [3.05, 3.63) is 60.4 Å². The summed E-state index contributed by atoms with van der Waals surface area (Å²) < 4.78 is 14.6. The summed E-state index contributed by atoms with van der Waals surface area (Å²) in [6, 6.07) is 17.4. The molecule has 1 aliphatic heterocycles. The van der Waals surface area contributed by atoms with E-state index < -0.39 is 0 Å². The van der Waals surface area contributed by atoms with Crippen molar-refractivity contribution in [2.75, 3.05) is 57.1 Å². The summed E-state index contributed by atoms with van der Waals surface area (Å²) >= 11 is 0. The third-order valence-corrected chi connectivity index (χ3v) is 6.81. The molecule has 0 saturated carbocycles. The Morgan fingerprint density at radius 1 is 0.784 bits per heavy atom. The molecule has 0 unspecified atom stereocenters. The lowest BCUT2D eigenvalue weighted by Gasteiger charge is -2.34. The van der Waals surface area contributed by atoms with Crippen molar-refractivity contribution in [2.45, 2.75) is 13.8 Å². The standard InChI is InChI=1S/C27H28FN7.C2H6/c1-33(2)18-5-7-21(28)20(15-18)27-30-22-8-4-17(14-24(22)32-27)26-29-23-9-6-19(16-25(23)31-26)35-12-10-34(3)11-13-35;1-2/h4-9,14-16H,10-13H2,1-3H3,(H,29,31)(H,30,32);1-2H3. The van der Waals surface area contributed by atoms with Gasteiger partial charge in [-0.05, 0) is 61.6 Å². The minimum absolute atomic E-state index is 0.302. The molecular formula is C29H34FN7. The van der Waals surface area contributed by atoms with E-state index in [-0.39, 0.29) is 5.82 Å². The summed E-state index contributed by atoms with van der Waals surface area (Å²) in [6.45, 7) is 8.20. The second-order valence-corrected chi connectivity index (χ2v) is 9.45. The summed E-state index contributed by atoms with van der Waals surface area (Å²) in [4.78, 5) is 23.0. The van der Waals surface area contributed by atoms with E-state index in [1.165, 1.54) is 11.8 Å². The molecule has 5 aromatic rings. The summed E-state index contributed by atoms with van der Waals surface area (Å²) in [5.41, 5.74) is 7.12. The zero-order valence-corrected chi connectivity index (χ0v) is 22.1. The Labute approximate surface area is 216 Å². The average molecular weight is 500 g/mol. The second-order valence-electron chi connectivity index (χ2n) is 9.45. The molecule has 2 N–H and O–H groups in total. The fraction of sp³-hybridized carbons (Fsp3) is 0.310. The number of aromatic amines is 2. The summed E-state index contributed by atoms with van der Waals surface area (Å²) in [6.07, 6.45) is 0. The third kappa shape index (κ3) is 4.89. The lowest BCUT2D eigenvalue weighted by molar-refractivity contribution is 0.313. The van der Waals surface area contributed by atoms with Crippen molar-refractivity contribution in [3.8, 4) is 22.8 Å². The van der Waals surface area contributed by atoms with Crippen LogP contribution in [0.5, 0.6) is 0 Å². The molecule has 0 amide bonds. The van der Waals surface area contributed by atoms with E-state index in [0.29, 0.717) is 11.4 Å². The third-order valence-electron chi connectivity index (χ3n) is 6.81. The number of fused-ring (bicyclic) bond motifs is 2. The van der Waals surface area contributed by atoms with Gasteiger partial charge in [-0.25, -0.2) is 14.4 Å². The number of likely N-dealkylation sites (N-methyl/N-ethyl adjacent to an activating group) is 1. The molecular weight excluding hydrogens is 465 g/mol. The molecule has 1 saturated heterocycles. The molecule has 0 atom stereocenters. The zero-order chi connectivity index (χ0) is 26.1. The minimum atomic E-state index is -0.302. The van der Waals surface area contributed by atoms with Gasteiger partial charge in [0.15, 0.2) is 0 Å². The number of hydrogen-bond donors (Lipinski definition) is 2. The van der Waals surface area contributed by atoms with Crippen LogP contribution in [0.2, 0.25) is 0 Å². The molecule has 0 bridgehead atoms. The normalized spacial score (nSPS) is 14.2. The highest BCUT2D eigenvalue weighted by Crippen LogP contribution is 2.30. The van der Waals surface area contributed by atoms with E-state index >= 15 is 0 Å². The highest BCUT2D eigenvalue weighted by atomic mass is 19.1. The predicted octanol–water partition coefficient (Wildman–Crippen LogP) is 5.76. The molecule has 2 aromatic heterocycles. The number of imidazole rings is 2. The molecule has 1 fully saturated rings. The van der Waals surface area contributed by atoms with Gasteiger partial charge in [-0.3, -0.25) is 0 Å². The number of nitrogens with one attached hydrogen (secondary N) is 2. The molecule has 6 rings (SSSR count). The summed E-state index contributed by atoms with van der Waals surface area (Å²) in [5.74, 6) is 1.01. The van der Waals surface area contributed by atoms with Crippen molar-refractivity contribution in [1.82, 2.24) is 24.8 Å². The molecule has 1 aliphatic rings. The van der Waals surface area contributed by atoms with Crippen LogP contribution in [0.25, 0.3) is 44.8 Å². The van der Waals surface area contributed by atoms with Gasteiger partial charge in [-0.15, -0.1) is 0 Å². The number of rotatable bonds is 4. The van der Waals surface area contributed by atoms with Crippen molar-refractivity contribution >= 4 is 33.4 Å². The first-order valence-electron chi connectivity index (χ1n) is 12.9. The monoisotopic (exact) mass is 499 g/mol. The Kier molecular flexibility index (Phi) is 6.84. The van der Waals surface area contributed by atoms with E-state index in [0.717, 1.165) is 65.3 Å². The maximum Gasteiger partial charge on any atom is 0.141 e. The van der Waals surface area contributed by atoms with E-state index in [2.05, 4.69) is 50.0 Å². The van der Waals surface area contributed by atoms with Crippen LogP contribution in [0.3, 0.4) is 0 Å². The van der Waals surface area contributed by atoms with Crippen molar-refractivity contribution < 1.29 is 4.39 Å². The summed E-state index contributed by atoms with van der Waals surface area (Å²) in [5, 5.41) is 0. The quantitative estimate of drug-likeness (QED) is 0.329. The number of halogens is 1. The largest absolute Gasteiger partial charge is 0.378 e. The van der Waals surface area contributed by atoms with Crippen LogP contribution < -0.4 is 9.80 Å². The number of nitrogens with zero attached hydrogens (tertiary/aromatic N) is 5. The number of piperazine rings is 1. The Balaban J connectivity index is 0.00000137. The van der Waals surface area contributed by atoms with Gasteiger partial charge < -0.3 is 24.7 Å². The molecule has 7 nitrogen and oxygen atoms in total. The maximum absolute atomic E-state index is 14.6. The van der Waals surface area contributed by atoms with Gasteiger partial charge in [0.05, 0.1) is 27.6 Å². The first-order chi connectivity index (χ1) is 17.9. The smallest absolute Gasteiger partial charge is 0.141 e. The molecule has 0 radical (unpaired) electrons. The van der Waals surface area contributed by atoms with Gasteiger partial charge in [0.2, 0.25) is 0 Å². The SMILES string of the molecule is CC.CN1CCN(c2ccc3nc(-c4ccc5nc(-c6cc(N(C)C)ccc6F)[nH]c5c4)[nH]c3c2)CC1. The van der Waals surface area contributed by atoms with Crippen LogP contribution in [0.15, 0.2) is 54.6 Å². The van der Waals surface area contributed by atoms with Gasteiger partial charge in [0.25, 0.3) is 0 Å². The summed E-state index contributed by atoms with van der Waals surface area (Å²) in [7, 11) is 6.03.